The molecule has 1 aliphatic rings. The van der Waals surface area contributed by atoms with Crippen LogP contribution in [0.2, 0.25) is 0 Å². The standard InChI is InChI=1S/C21H19N5OS/c1-14-22-18-8-7-16(11-20(18)28-14)21(27)25-10-9-17(12-25)26-13-19(23-24-26)15-5-3-2-4-6-15/h2-8,11,13,17H,9-10,12H2,1H3/t17-/m0/s1. The van der Waals surface area contributed by atoms with Gasteiger partial charge in [-0.15, -0.1) is 16.4 Å². The van der Waals surface area contributed by atoms with Gasteiger partial charge in [-0.3, -0.25) is 4.79 Å². The molecule has 1 fully saturated rings. The maximum absolute atomic E-state index is 13.0. The number of likely N-dealkylation sites (tertiary alicyclic amines) is 1. The minimum Gasteiger partial charge on any atom is -0.336 e. The minimum absolute atomic E-state index is 0.0684. The summed E-state index contributed by atoms with van der Waals surface area (Å²) in [7, 11) is 0. The van der Waals surface area contributed by atoms with Crippen LogP contribution in [0.4, 0.5) is 0 Å². The number of amides is 1. The molecule has 1 aliphatic heterocycles. The number of carbonyl (C=O) groups is 1. The molecule has 0 unspecified atom stereocenters. The Hall–Kier alpha value is -3.06. The molecule has 140 valence electrons. The lowest BCUT2D eigenvalue weighted by Gasteiger charge is -2.16. The first-order valence-electron chi connectivity index (χ1n) is 9.31. The summed E-state index contributed by atoms with van der Waals surface area (Å²) in [6.07, 6.45) is 2.85. The highest BCUT2D eigenvalue weighted by molar-refractivity contribution is 7.18. The van der Waals surface area contributed by atoms with E-state index in [0.717, 1.165) is 45.0 Å². The van der Waals surface area contributed by atoms with E-state index >= 15 is 0 Å². The maximum atomic E-state index is 13.0. The Bertz CT molecular complexity index is 1150. The van der Waals surface area contributed by atoms with E-state index in [1.807, 2.05) is 71.2 Å². The average molecular weight is 389 g/mol. The van der Waals surface area contributed by atoms with Gasteiger partial charge in [0.1, 0.15) is 5.69 Å². The van der Waals surface area contributed by atoms with E-state index in [1.165, 1.54) is 0 Å². The predicted octanol–water partition coefficient (Wildman–Crippen LogP) is 3.95. The molecule has 0 bridgehead atoms. The zero-order valence-corrected chi connectivity index (χ0v) is 16.3. The highest BCUT2D eigenvalue weighted by Crippen LogP contribution is 2.27. The third kappa shape index (κ3) is 3.07. The number of thiazole rings is 1. The van der Waals surface area contributed by atoms with Gasteiger partial charge in [0.2, 0.25) is 0 Å². The number of hydrogen-bond acceptors (Lipinski definition) is 5. The molecule has 1 saturated heterocycles. The van der Waals surface area contributed by atoms with Crippen molar-refractivity contribution < 1.29 is 4.79 Å². The van der Waals surface area contributed by atoms with E-state index in [1.54, 1.807) is 11.3 Å². The zero-order chi connectivity index (χ0) is 19.1. The van der Waals surface area contributed by atoms with Crippen molar-refractivity contribution in [2.24, 2.45) is 0 Å². The number of hydrogen-bond donors (Lipinski definition) is 0. The molecule has 6 nitrogen and oxygen atoms in total. The predicted molar refractivity (Wildman–Crippen MR) is 109 cm³/mol. The van der Waals surface area contributed by atoms with Crippen LogP contribution in [0, 0.1) is 6.92 Å². The normalized spacial score (nSPS) is 16.8. The molecule has 3 heterocycles. The molecule has 7 heteroatoms. The van der Waals surface area contributed by atoms with Crippen LogP contribution in [0.25, 0.3) is 21.5 Å². The molecule has 28 heavy (non-hydrogen) atoms. The van der Waals surface area contributed by atoms with E-state index in [9.17, 15) is 4.79 Å². The van der Waals surface area contributed by atoms with Gasteiger partial charge in [-0.05, 0) is 31.5 Å². The molecule has 0 spiro atoms. The third-order valence-corrected chi connectivity index (χ3v) is 6.08. The quantitative estimate of drug-likeness (QED) is 0.532. The van der Waals surface area contributed by atoms with Gasteiger partial charge in [0.25, 0.3) is 5.91 Å². The van der Waals surface area contributed by atoms with Crippen LogP contribution in [0.3, 0.4) is 0 Å². The summed E-state index contributed by atoms with van der Waals surface area (Å²) in [5.74, 6) is 0.0684. The fraction of sp³-hybridized carbons (Fsp3) is 0.238. The number of benzene rings is 2. The van der Waals surface area contributed by atoms with Crippen LogP contribution in [0.1, 0.15) is 27.8 Å². The number of fused-ring (bicyclic) bond motifs is 1. The van der Waals surface area contributed by atoms with Crippen LogP contribution < -0.4 is 0 Å². The largest absolute Gasteiger partial charge is 0.336 e. The third-order valence-electron chi connectivity index (χ3n) is 5.15. The smallest absolute Gasteiger partial charge is 0.253 e. The van der Waals surface area contributed by atoms with E-state index in [2.05, 4.69) is 15.3 Å². The van der Waals surface area contributed by atoms with Gasteiger partial charge in [0, 0.05) is 24.2 Å². The van der Waals surface area contributed by atoms with Crippen molar-refractivity contribution in [3.05, 3.63) is 65.3 Å². The molecule has 0 aliphatic carbocycles. The lowest BCUT2D eigenvalue weighted by Crippen LogP contribution is -2.29. The molecule has 1 amide bonds. The summed E-state index contributed by atoms with van der Waals surface area (Å²) >= 11 is 1.62. The SMILES string of the molecule is Cc1nc2ccc(C(=O)N3CC[C@H](n4cc(-c5ccccc5)nn4)C3)cc2s1. The first-order chi connectivity index (χ1) is 13.7. The van der Waals surface area contributed by atoms with Gasteiger partial charge in [0.15, 0.2) is 0 Å². The van der Waals surface area contributed by atoms with Gasteiger partial charge in [-0.2, -0.15) is 0 Å². The number of nitrogens with zero attached hydrogens (tertiary/aromatic N) is 5. The van der Waals surface area contributed by atoms with Crippen LogP contribution in [-0.4, -0.2) is 43.9 Å². The van der Waals surface area contributed by atoms with Crippen LogP contribution in [-0.2, 0) is 0 Å². The highest BCUT2D eigenvalue weighted by atomic mass is 32.1. The summed E-state index contributed by atoms with van der Waals surface area (Å²) in [5.41, 5.74) is 3.58. The Morgan fingerprint density at radius 2 is 2.04 bits per heavy atom. The molecule has 4 aromatic rings. The van der Waals surface area contributed by atoms with Crippen LogP contribution in [0.15, 0.2) is 54.7 Å². The first-order valence-corrected chi connectivity index (χ1v) is 10.1. The van der Waals surface area contributed by atoms with Crippen molar-refractivity contribution in [3.8, 4) is 11.3 Å². The first kappa shape index (κ1) is 17.1. The number of aryl methyl sites for hydroxylation is 1. The molecule has 0 N–H and O–H groups in total. The molecule has 0 radical (unpaired) electrons. The Kier molecular flexibility index (Phi) is 4.16. The van der Waals surface area contributed by atoms with Gasteiger partial charge in [-0.25, -0.2) is 9.67 Å². The number of carbonyl (C=O) groups excluding carboxylic acids is 1. The van der Waals surface area contributed by atoms with Gasteiger partial charge < -0.3 is 4.90 Å². The van der Waals surface area contributed by atoms with E-state index in [4.69, 9.17) is 0 Å². The molecule has 2 aromatic carbocycles. The van der Waals surface area contributed by atoms with E-state index in [0.29, 0.717) is 6.54 Å². The summed E-state index contributed by atoms with van der Waals surface area (Å²) < 4.78 is 2.95. The summed E-state index contributed by atoms with van der Waals surface area (Å²) in [6, 6.07) is 15.9. The lowest BCUT2D eigenvalue weighted by molar-refractivity contribution is 0.0787. The second-order valence-corrected chi connectivity index (χ2v) is 8.29. The molecule has 5 rings (SSSR count). The van der Waals surface area contributed by atoms with Crippen molar-refractivity contribution in [3.63, 3.8) is 0 Å². The van der Waals surface area contributed by atoms with Crippen molar-refractivity contribution in [1.82, 2.24) is 24.9 Å². The molecule has 0 saturated carbocycles. The second-order valence-electron chi connectivity index (χ2n) is 7.06. The fourth-order valence-electron chi connectivity index (χ4n) is 3.69. The van der Waals surface area contributed by atoms with Crippen molar-refractivity contribution in [2.75, 3.05) is 13.1 Å². The summed E-state index contributed by atoms with van der Waals surface area (Å²) in [4.78, 5) is 19.3. The Morgan fingerprint density at radius 3 is 2.89 bits per heavy atom. The minimum atomic E-state index is 0.0684. The highest BCUT2D eigenvalue weighted by Gasteiger charge is 2.29. The second kappa shape index (κ2) is 6.83. The average Bonchev–Trinajstić information content (AvgIpc) is 3.45. The maximum Gasteiger partial charge on any atom is 0.253 e. The number of rotatable bonds is 3. The fourth-order valence-corrected chi connectivity index (χ4v) is 4.56. The van der Waals surface area contributed by atoms with Crippen LogP contribution >= 0.6 is 11.3 Å². The monoisotopic (exact) mass is 389 g/mol. The van der Waals surface area contributed by atoms with Gasteiger partial charge in [0.05, 0.1) is 27.5 Å². The topological polar surface area (TPSA) is 63.9 Å². The van der Waals surface area contributed by atoms with Crippen LogP contribution in [0.5, 0.6) is 0 Å². The summed E-state index contributed by atoms with van der Waals surface area (Å²) in [6.45, 7) is 3.36. The Morgan fingerprint density at radius 1 is 1.18 bits per heavy atom. The van der Waals surface area contributed by atoms with Crippen molar-refractivity contribution in [1.29, 1.82) is 0 Å². The van der Waals surface area contributed by atoms with Gasteiger partial charge >= 0.3 is 0 Å². The molecular formula is C21H19N5OS. The molecular weight excluding hydrogens is 370 g/mol. The zero-order valence-electron chi connectivity index (χ0n) is 15.4. The van der Waals surface area contributed by atoms with Crippen molar-refractivity contribution >= 4 is 27.5 Å². The molecule has 1 atom stereocenters. The van der Waals surface area contributed by atoms with Crippen molar-refractivity contribution in [2.45, 2.75) is 19.4 Å². The lowest BCUT2D eigenvalue weighted by atomic mass is 10.2. The van der Waals surface area contributed by atoms with E-state index in [-0.39, 0.29) is 11.9 Å². The molecule has 2 aromatic heterocycles. The Labute approximate surface area is 166 Å². The van der Waals surface area contributed by atoms with E-state index < -0.39 is 0 Å². The summed E-state index contributed by atoms with van der Waals surface area (Å²) in [5, 5.41) is 9.62. The van der Waals surface area contributed by atoms with Gasteiger partial charge in [-0.1, -0.05) is 35.5 Å². The Balaban J connectivity index is 1.32. The number of aromatic nitrogens is 4.